The predicted octanol–water partition coefficient (Wildman–Crippen LogP) is -3.95. The van der Waals surface area contributed by atoms with Crippen LogP contribution in [-0.2, 0) is 18.4 Å². The molecule has 1 aliphatic rings. The highest BCUT2D eigenvalue weighted by Gasteiger charge is 2.43. The highest BCUT2D eigenvalue weighted by atomic mass is 79.9. The normalized spacial score (nSPS) is 23.0. The Kier molecular flexibility index (Phi) is 14.6. The van der Waals surface area contributed by atoms with E-state index in [0.717, 1.165) is 0 Å². The van der Waals surface area contributed by atoms with Crippen molar-refractivity contribution in [3.05, 3.63) is 22.7 Å². The van der Waals surface area contributed by atoms with Gasteiger partial charge in [0.25, 0.3) is 0 Å². The van der Waals surface area contributed by atoms with Gasteiger partial charge < -0.3 is 64.7 Å². The molecule has 2 rings (SSSR count). The second-order valence-corrected chi connectivity index (χ2v) is 9.40. The molecule has 23 heteroatoms. The van der Waals surface area contributed by atoms with Crippen molar-refractivity contribution in [2.24, 2.45) is 0 Å². The molecule has 0 unspecified atom stereocenters. The average Bonchev–Trinajstić information content (AvgIpc) is 2.78. The van der Waals surface area contributed by atoms with Gasteiger partial charge in [-0.1, -0.05) is 15.9 Å². The van der Waals surface area contributed by atoms with Gasteiger partial charge in [0.2, 0.25) is 0 Å². The van der Waals surface area contributed by atoms with Crippen LogP contribution in [0.4, 0.5) is 5.82 Å². The summed E-state index contributed by atoms with van der Waals surface area (Å²) in [6, 6.07) is 1.46. The highest BCUT2D eigenvalue weighted by Crippen LogP contribution is 2.33. The predicted molar refractivity (Wildman–Crippen MR) is 105 cm³/mol. The summed E-state index contributed by atoms with van der Waals surface area (Å²) in [5, 5.41) is 18.7. The third kappa shape index (κ3) is 20.0. The van der Waals surface area contributed by atoms with Gasteiger partial charge in [0, 0.05) is 6.20 Å². The first-order valence-corrected chi connectivity index (χ1v) is 12.9. The summed E-state index contributed by atoms with van der Waals surface area (Å²) < 4.78 is 33.2. The number of alkyl halides is 1. The van der Waals surface area contributed by atoms with Gasteiger partial charge in [-0.25, -0.2) is 18.5 Å². The minimum absolute atomic E-state index is 0.120. The zero-order valence-electron chi connectivity index (χ0n) is 15.3. The van der Waals surface area contributed by atoms with Crippen LogP contribution in [0.25, 0.3) is 0 Å². The molecular weight excluding hydrogens is 579 g/mol. The number of aliphatic hydroxyl groups excluding tert-OH is 2. The fourth-order valence-corrected chi connectivity index (χ4v) is 2.42. The number of hydrogen-bond acceptors (Lipinski definition) is 9. The van der Waals surface area contributed by atoms with Crippen molar-refractivity contribution < 1.29 is 72.7 Å². The Labute approximate surface area is 186 Å². The van der Waals surface area contributed by atoms with Crippen LogP contribution in [0.2, 0.25) is 0 Å². The van der Waals surface area contributed by atoms with Gasteiger partial charge in [0.15, 0.2) is 6.23 Å². The number of ether oxygens (including phenoxy) is 1. The lowest BCUT2D eigenvalue weighted by Crippen LogP contribution is -2.32. The second kappa shape index (κ2) is 13.9. The van der Waals surface area contributed by atoms with Gasteiger partial charge in [-0.3, -0.25) is 4.57 Å². The van der Waals surface area contributed by atoms with E-state index in [1.165, 1.54) is 16.8 Å². The number of anilines is 1. The van der Waals surface area contributed by atoms with Crippen molar-refractivity contribution >= 4 is 45.2 Å². The van der Waals surface area contributed by atoms with Gasteiger partial charge in [-0.15, -0.1) is 0 Å². The number of phosphoric acid groups is 3. The quantitative estimate of drug-likeness (QED) is 0.114. The molecule has 4 atom stereocenters. The number of aliphatic hydroxyl groups is 2. The molecule has 0 aliphatic carbocycles. The molecule has 0 saturated carbocycles. The van der Waals surface area contributed by atoms with Crippen LogP contribution >= 0.6 is 39.4 Å². The lowest BCUT2D eigenvalue weighted by molar-refractivity contribution is -0.0456. The van der Waals surface area contributed by atoms with Crippen molar-refractivity contribution in [1.29, 1.82) is 0 Å². The molecule has 1 aliphatic heterocycles. The molecule has 0 amide bonds. The molecule has 1 saturated heterocycles. The number of hydrogen-bond donors (Lipinski definition) is 12. The largest absolute Gasteiger partial charge is 0.466 e. The van der Waals surface area contributed by atoms with Crippen LogP contribution in [-0.4, -0.2) is 87.4 Å². The van der Waals surface area contributed by atoms with Gasteiger partial charge in [0.05, 0.1) is 17.5 Å². The maximum absolute atomic E-state index is 11.6. The van der Waals surface area contributed by atoms with Crippen LogP contribution in [0, 0.1) is 0 Å². The zero-order chi connectivity index (χ0) is 26.1. The van der Waals surface area contributed by atoms with E-state index in [9.17, 15) is 9.90 Å². The first kappa shape index (κ1) is 33.5. The lowest BCUT2D eigenvalue weighted by atomic mass is 10.2. The molecule has 1 aromatic rings. The van der Waals surface area contributed by atoms with Crippen molar-refractivity contribution in [2.75, 3.05) is 12.3 Å². The average molecular weight is 600 g/mol. The third-order valence-corrected chi connectivity index (χ3v) is 3.59. The second-order valence-electron chi connectivity index (χ2n) is 5.26. The lowest BCUT2D eigenvalue weighted by Gasteiger charge is -2.16. The number of aromatic nitrogens is 2. The molecular formula is C9H21BrN3O16P3. The van der Waals surface area contributed by atoms with Crippen molar-refractivity contribution in [1.82, 2.24) is 9.55 Å². The van der Waals surface area contributed by atoms with Crippen LogP contribution in [0.5, 0.6) is 0 Å². The highest BCUT2D eigenvalue weighted by molar-refractivity contribution is 9.09. The number of halogens is 1. The van der Waals surface area contributed by atoms with E-state index in [1.807, 2.05) is 0 Å². The molecule has 0 aromatic carbocycles. The minimum atomic E-state index is -4.64. The topological polar surface area (TPSA) is 344 Å². The molecule has 0 spiro atoms. The standard InChI is InChI=1S/C9H12BrN3O4.3H3O4P/c10-6-7(15)4(3-14)17-8(6)13-2-1-5(11)12-9(13)16;3*1-5(2,3)4/h1-2,4,6-8,14-15H,3H2,(H2,11,12,16);3*(H3,1,2,3,4)/t4-,6+,7-,8-;;;/m1.../s1. The van der Waals surface area contributed by atoms with Crippen LogP contribution in [0.15, 0.2) is 17.1 Å². The Hall–Kier alpha value is -0.630. The summed E-state index contributed by atoms with van der Waals surface area (Å²) >= 11 is 3.24. The summed E-state index contributed by atoms with van der Waals surface area (Å²) in [6.45, 7) is -0.323. The van der Waals surface area contributed by atoms with Gasteiger partial charge in [-0.2, -0.15) is 4.98 Å². The fourth-order valence-electron chi connectivity index (χ4n) is 1.70. The van der Waals surface area contributed by atoms with E-state index in [2.05, 4.69) is 20.9 Å². The Morgan fingerprint density at radius 3 is 1.66 bits per heavy atom. The molecule has 19 nitrogen and oxygen atoms in total. The zero-order valence-corrected chi connectivity index (χ0v) is 19.6. The van der Waals surface area contributed by atoms with Gasteiger partial charge in [0.1, 0.15) is 11.9 Å². The van der Waals surface area contributed by atoms with E-state index < -0.39 is 52.4 Å². The van der Waals surface area contributed by atoms with Crippen LogP contribution in [0.1, 0.15) is 6.23 Å². The number of nitrogen functional groups attached to an aromatic ring is 1. The third-order valence-electron chi connectivity index (χ3n) is 2.60. The van der Waals surface area contributed by atoms with Gasteiger partial charge in [-0.05, 0) is 6.07 Å². The van der Waals surface area contributed by atoms with Crippen LogP contribution < -0.4 is 11.4 Å². The molecule has 32 heavy (non-hydrogen) atoms. The number of nitrogens with two attached hydrogens (primary N) is 1. The molecule has 2 heterocycles. The SMILES string of the molecule is Nc1ccn([C@@H]2O[C@H](CO)[C@@H](O)[C@@H]2Br)c(=O)n1.O=P(O)(O)O.O=P(O)(O)O.O=P(O)(O)O. The number of nitrogens with zero attached hydrogens (tertiary/aromatic N) is 2. The van der Waals surface area contributed by atoms with Crippen LogP contribution in [0.3, 0.4) is 0 Å². The summed E-state index contributed by atoms with van der Waals surface area (Å²) in [5.41, 5.74) is 4.81. The molecule has 1 aromatic heterocycles. The van der Waals surface area contributed by atoms with Crippen molar-refractivity contribution in [3.63, 3.8) is 0 Å². The van der Waals surface area contributed by atoms with E-state index in [-0.39, 0.29) is 12.4 Å². The molecule has 1 fully saturated rings. The van der Waals surface area contributed by atoms with E-state index in [1.54, 1.807) is 0 Å². The maximum atomic E-state index is 11.6. The fraction of sp³-hybridized carbons (Fsp3) is 0.556. The first-order chi connectivity index (χ1) is 14.0. The Morgan fingerprint density at radius 1 is 1.00 bits per heavy atom. The molecule has 0 radical (unpaired) electrons. The van der Waals surface area contributed by atoms with Gasteiger partial charge >= 0.3 is 29.2 Å². The van der Waals surface area contributed by atoms with E-state index >= 15 is 0 Å². The van der Waals surface area contributed by atoms with Crippen molar-refractivity contribution in [2.45, 2.75) is 23.3 Å². The summed E-state index contributed by atoms with van der Waals surface area (Å²) in [7, 11) is -13.9. The summed E-state index contributed by atoms with van der Waals surface area (Å²) in [4.78, 5) is 79.4. The minimum Gasteiger partial charge on any atom is -0.394 e. The monoisotopic (exact) mass is 599 g/mol. The summed E-state index contributed by atoms with van der Waals surface area (Å²) in [6.07, 6.45) is -0.901. The molecule has 13 N–H and O–H groups in total. The van der Waals surface area contributed by atoms with E-state index in [0.29, 0.717) is 0 Å². The Balaban J connectivity index is 0. The number of rotatable bonds is 2. The smallest absolute Gasteiger partial charge is 0.394 e. The van der Waals surface area contributed by atoms with E-state index in [4.69, 9.17) is 73.3 Å². The first-order valence-electron chi connectivity index (χ1n) is 7.32. The molecule has 0 bridgehead atoms. The van der Waals surface area contributed by atoms with Crippen molar-refractivity contribution in [3.8, 4) is 0 Å². The Bertz CT molecular complexity index is 824. The molecule has 190 valence electrons. The summed E-state index contributed by atoms with van der Waals surface area (Å²) in [5.74, 6) is 0.120. The maximum Gasteiger partial charge on any atom is 0.466 e. The Morgan fingerprint density at radius 2 is 1.38 bits per heavy atom.